The summed E-state index contributed by atoms with van der Waals surface area (Å²) >= 11 is 2.61. The Kier molecular flexibility index (Phi) is 5.15. The fourth-order valence-corrected chi connectivity index (χ4v) is 4.51. The quantitative estimate of drug-likeness (QED) is 0.341. The molecule has 0 bridgehead atoms. The van der Waals surface area contributed by atoms with E-state index in [1.807, 2.05) is 32.0 Å². The molecule has 142 valence electrons. The second-order valence-corrected chi connectivity index (χ2v) is 8.46. The molecular weight excluding hydrogens is 397 g/mol. The molecule has 0 spiro atoms. The molecule has 0 saturated carbocycles. The van der Waals surface area contributed by atoms with E-state index in [1.54, 1.807) is 18.2 Å². The minimum Gasteiger partial charge on any atom is -0.451 e. The van der Waals surface area contributed by atoms with E-state index in [0.717, 1.165) is 16.5 Å². The van der Waals surface area contributed by atoms with E-state index in [9.17, 15) is 9.18 Å². The largest absolute Gasteiger partial charge is 0.451 e. The van der Waals surface area contributed by atoms with Crippen LogP contribution in [0.4, 0.5) is 9.52 Å². The molecule has 2 heterocycles. The molecule has 0 saturated heterocycles. The summed E-state index contributed by atoms with van der Waals surface area (Å²) in [4.78, 5) is 12.6. The molecule has 0 fully saturated rings. The van der Waals surface area contributed by atoms with E-state index >= 15 is 0 Å². The lowest BCUT2D eigenvalue weighted by Crippen LogP contribution is -2.11. The Morgan fingerprint density at radius 2 is 2.04 bits per heavy atom. The van der Waals surface area contributed by atoms with Crippen molar-refractivity contribution in [3.05, 3.63) is 70.7 Å². The van der Waals surface area contributed by atoms with Gasteiger partial charge in [-0.05, 0) is 37.6 Å². The van der Waals surface area contributed by atoms with Gasteiger partial charge in [0.15, 0.2) is 10.1 Å². The molecule has 1 amide bonds. The highest BCUT2D eigenvalue weighted by molar-refractivity contribution is 8.00. The van der Waals surface area contributed by atoms with Crippen molar-refractivity contribution in [3.63, 3.8) is 0 Å². The molecule has 0 aliphatic heterocycles. The average molecular weight is 413 g/mol. The van der Waals surface area contributed by atoms with Gasteiger partial charge < -0.3 is 4.42 Å². The minimum atomic E-state index is -0.367. The van der Waals surface area contributed by atoms with Crippen LogP contribution in [0.3, 0.4) is 0 Å². The Balaban J connectivity index is 1.46. The van der Waals surface area contributed by atoms with Crippen LogP contribution in [-0.4, -0.2) is 16.1 Å². The number of carbonyl (C=O) groups is 1. The SMILES string of the molecule is Cc1ccc2oc(C(=O)Nc3nnc(SCc4ccccc4F)s3)c(C)c2c1. The lowest BCUT2D eigenvalue weighted by Gasteiger charge is -2.00. The van der Waals surface area contributed by atoms with Crippen molar-refractivity contribution in [2.24, 2.45) is 0 Å². The van der Waals surface area contributed by atoms with E-state index < -0.39 is 0 Å². The Morgan fingerprint density at radius 3 is 2.86 bits per heavy atom. The van der Waals surface area contributed by atoms with Gasteiger partial charge in [-0.1, -0.05) is 52.9 Å². The minimum absolute atomic E-state index is 0.247. The third-order valence-corrected chi connectivity index (χ3v) is 6.25. The normalized spacial score (nSPS) is 11.1. The molecule has 0 atom stereocenters. The maximum Gasteiger partial charge on any atom is 0.293 e. The van der Waals surface area contributed by atoms with Gasteiger partial charge in [-0.3, -0.25) is 10.1 Å². The summed E-state index contributed by atoms with van der Waals surface area (Å²) in [6.45, 7) is 3.85. The van der Waals surface area contributed by atoms with E-state index in [-0.39, 0.29) is 17.5 Å². The molecule has 4 aromatic rings. The van der Waals surface area contributed by atoms with Gasteiger partial charge in [-0.2, -0.15) is 0 Å². The zero-order valence-corrected chi connectivity index (χ0v) is 16.8. The summed E-state index contributed by atoms with van der Waals surface area (Å²) in [6, 6.07) is 12.4. The fraction of sp³-hybridized carbons (Fsp3) is 0.150. The van der Waals surface area contributed by atoms with Crippen molar-refractivity contribution < 1.29 is 13.6 Å². The van der Waals surface area contributed by atoms with Crippen molar-refractivity contribution in [2.75, 3.05) is 5.32 Å². The summed E-state index contributed by atoms with van der Waals surface area (Å²) in [5.74, 6) is 0.0882. The first-order chi connectivity index (χ1) is 13.5. The van der Waals surface area contributed by atoms with Gasteiger partial charge >= 0.3 is 0 Å². The Morgan fingerprint density at radius 1 is 1.21 bits per heavy atom. The number of nitrogens with one attached hydrogen (secondary N) is 1. The number of rotatable bonds is 5. The second-order valence-electron chi connectivity index (χ2n) is 6.26. The first-order valence-corrected chi connectivity index (χ1v) is 10.3. The number of thioether (sulfide) groups is 1. The monoisotopic (exact) mass is 413 g/mol. The number of hydrogen-bond donors (Lipinski definition) is 1. The maximum atomic E-state index is 13.7. The number of amides is 1. The summed E-state index contributed by atoms with van der Waals surface area (Å²) in [7, 11) is 0. The van der Waals surface area contributed by atoms with Crippen molar-refractivity contribution in [3.8, 4) is 0 Å². The van der Waals surface area contributed by atoms with Crippen LogP contribution in [0.1, 0.15) is 27.2 Å². The molecule has 0 aliphatic carbocycles. The first-order valence-electron chi connectivity index (χ1n) is 8.52. The van der Waals surface area contributed by atoms with Crippen molar-refractivity contribution in [1.82, 2.24) is 10.2 Å². The highest BCUT2D eigenvalue weighted by Gasteiger charge is 2.19. The van der Waals surface area contributed by atoms with Crippen LogP contribution in [0.15, 0.2) is 51.2 Å². The number of anilines is 1. The predicted molar refractivity (Wildman–Crippen MR) is 110 cm³/mol. The molecule has 28 heavy (non-hydrogen) atoms. The van der Waals surface area contributed by atoms with Crippen LogP contribution < -0.4 is 5.32 Å². The van der Waals surface area contributed by atoms with Gasteiger partial charge in [0.1, 0.15) is 11.4 Å². The number of aryl methyl sites for hydroxylation is 2. The molecule has 0 aliphatic rings. The van der Waals surface area contributed by atoms with Gasteiger partial charge in [0.2, 0.25) is 5.13 Å². The van der Waals surface area contributed by atoms with Crippen molar-refractivity contribution in [1.29, 1.82) is 0 Å². The summed E-state index contributed by atoms with van der Waals surface area (Å²) in [6.07, 6.45) is 0. The number of halogens is 1. The zero-order chi connectivity index (χ0) is 19.7. The van der Waals surface area contributed by atoms with Crippen molar-refractivity contribution >= 4 is 45.1 Å². The number of benzene rings is 2. The highest BCUT2D eigenvalue weighted by Crippen LogP contribution is 2.30. The molecular formula is C20H16FN3O2S2. The van der Waals surface area contributed by atoms with E-state index in [0.29, 0.717) is 26.4 Å². The molecule has 0 radical (unpaired) electrons. The summed E-state index contributed by atoms with van der Waals surface area (Å²) < 4.78 is 20.1. The second kappa shape index (κ2) is 7.73. The predicted octanol–water partition coefficient (Wildman–Crippen LogP) is 5.58. The molecule has 8 heteroatoms. The van der Waals surface area contributed by atoms with Crippen LogP contribution in [0.5, 0.6) is 0 Å². The number of furan rings is 1. The summed E-state index contributed by atoms with van der Waals surface area (Å²) in [5, 5.41) is 12.1. The molecule has 4 rings (SSSR count). The van der Waals surface area contributed by atoms with E-state index in [2.05, 4.69) is 15.5 Å². The van der Waals surface area contributed by atoms with Crippen LogP contribution in [0, 0.1) is 19.7 Å². The zero-order valence-electron chi connectivity index (χ0n) is 15.2. The van der Waals surface area contributed by atoms with Gasteiger partial charge in [-0.25, -0.2) is 4.39 Å². The topological polar surface area (TPSA) is 68.0 Å². The van der Waals surface area contributed by atoms with Crippen LogP contribution in [-0.2, 0) is 5.75 Å². The molecule has 5 nitrogen and oxygen atoms in total. The van der Waals surface area contributed by atoms with Gasteiger partial charge in [0, 0.05) is 16.7 Å². The maximum absolute atomic E-state index is 13.7. The third kappa shape index (κ3) is 3.79. The van der Waals surface area contributed by atoms with Gasteiger partial charge in [0.05, 0.1) is 0 Å². The Bertz CT molecular complexity index is 1170. The first kappa shape index (κ1) is 18.6. The summed E-state index contributed by atoms with van der Waals surface area (Å²) in [5.41, 5.74) is 3.16. The molecule has 2 aromatic carbocycles. The Hall–Kier alpha value is -2.71. The third-order valence-electron chi connectivity index (χ3n) is 4.23. The Labute approximate surface area is 169 Å². The van der Waals surface area contributed by atoms with Crippen LogP contribution in [0.25, 0.3) is 11.0 Å². The molecule has 0 unspecified atom stereocenters. The van der Waals surface area contributed by atoms with Crippen molar-refractivity contribution in [2.45, 2.75) is 23.9 Å². The number of hydrogen-bond acceptors (Lipinski definition) is 6. The number of nitrogens with zero attached hydrogens (tertiary/aromatic N) is 2. The van der Waals surface area contributed by atoms with Crippen LogP contribution >= 0.6 is 23.1 Å². The average Bonchev–Trinajstić information content (AvgIpc) is 3.25. The fourth-order valence-electron chi connectivity index (χ4n) is 2.78. The van der Waals surface area contributed by atoms with Crippen LogP contribution in [0.2, 0.25) is 0 Å². The van der Waals surface area contributed by atoms with Gasteiger partial charge in [-0.15, -0.1) is 10.2 Å². The number of aromatic nitrogens is 2. The number of carbonyl (C=O) groups excluding carboxylic acids is 1. The highest BCUT2D eigenvalue weighted by atomic mass is 32.2. The number of fused-ring (bicyclic) bond motifs is 1. The lowest BCUT2D eigenvalue weighted by atomic mass is 10.1. The van der Waals surface area contributed by atoms with E-state index in [4.69, 9.17) is 4.42 Å². The van der Waals surface area contributed by atoms with Gasteiger partial charge in [0.25, 0.3) is 5.91 Å². The lowest BCUT2D eigenvalue weighted by molar-refractivity contribution is 0.0998. The molecule has 1 N–H and O–H groups in total. The van der Waals surface area contributed by atoms with E-state index in [1.165, 1.54) is 29.2 Å². The molecule has 2 aromatic heterocycles. The standard InChI is InChI=1S/C20H16FN3O2S2/c1-11-7-8-16-14(9-11)12(2)17(26-16)18(25)22-19-23-24-20(28-19)27-10-13-5-3-4-6-15(13)21/h3-9H,10H2,1-2H3,(H,22,23,25). The smallest absolute Gasteiger partial charge is 0.293 e.